The average molecular weight is 349 g/mol. The zero-order chi connectivity index (χ0) is 17.4. The molecule has 24 heavy (non-hydrogen) atoms. The maximum atomic E-state index is 11.9. The quantitative estimate of drug-likeness (QED) is 0.681. The highest BCUT2D eigenvalue weighted by Crippen LogP contribution is 2.17. The van der Waals surface area contributed by atoms with Crippen molar-refractivity contribution >= 4 is 23.2 Å². The number of thiophene rings is 1. The fraction of sp³-hybridized carbons (Fsp3) is 0.412. The summed E-state index contributed by atoms with van der Waals surface area (Å²) in [7, 11) is 3.89. The standard InChI is InChI=1S/C17H23N3O3S/c1-20(2)14(15-5-4-9-23-15)11-19-16(21)6-3-8-18-17(22)13-7-10-24-12-13/h4-5,7,9-10,12,14H,3,6,8,11H2,1-2H3,(H,18,22)(H,19,21). The van der Waals surface area contributed by atoms with Crippen molar-refractivity contribution in [2.45, 2.75) is 18.9 Å². The monoisotopic (exact) mass is 349 g/mol. The van der Waals surface area contributed by atoms with Gasteiger partial charge in [-0.1, -0.05) is 0 Å². The maximum Gasteiger partial charge on any atom is 0.252 e. The van der Waals surface area contributed by atoms with E-state index in [0.717, 1.165) is 5.76 Å². The summed E-state index contributed by atoms with van der Waals surface area (Å²) in [6.45, 7) is 0.970. The summed E-state index contributed by atoms with van der Waals surface area (Å²) >= 11 is 1.49. The van der Waals surface area contributed by atoms with Crippen LogP contribution in [0.25, 0.3) is 0 Å². The van der Waals surface area contributed by atoms with Gasteiger partial charge in [-0.15, -0.1) is 0 Å². The molecule has 0 saturated heterocycles. The Kier molecular flexibility index (Phi) is 7.02. The Hall–Kier alpha value is -2.12. The van der Waals surface area contributed by atoms with Crippen LogP contribution in [0.5, 0.6) is 0 Å². The van der Waals surface area contributed by atoms with Crippen LogP contribution >= 0.6 is 11.3 Å². The van der Waals surface area contributed by atoms with E-state index in [9.17, 15) is 9.59 Å². The third-order valence-electron chi connectivity index (χ3n) is 3.64. The minimum Gasteiger partial charge on any atom is -0.468 e. The lowest BCUT2D eigenvalue weighted by atomic mass is 10.2. The number of furan rings is 1. The number of hydrogen-bond donors (Lipinski definition) is 2. The zero-order valence-corrected chi connectivity index (χ0v) is 14.8. The van der Waals surface area contributed by atoms with Crippen LogP contribution in [-0.4, -0.2) is 43.9 Å². The number of rotatable bonds is 9. The number of nitrogens with one attached hydrogen (secondary N) is 2. The van der Waals surface area contributed by atoms with Gasteiger partial charge in [-0.2, -0.15) is 11.3 Å². The molecule has 0 saturated carbocycles. The van der Waals surface area contributed by atoms with Crippen molar-refractivity contribution in [3.8, 4) is 0 Å². The third-order valence-corrected chi connectivity index (χ3v) is 4.32. The second kappa shape index (κ2) is 9.24. The van der Waals surface area contributed by atoms with Crippen LogP contribution in [0.1, 0.15) is 35.0 Å². The van der Waals surface area contributed by atoms with Gasteiger partial charge in [-0.25, -0.2) is 0 Å². The molecule has 1 unspecified atom stereocenters. The summed E-state index contributed by atoms with van der Waals surface area (Å²) in [6, 6.07) is 5.52. The lowest BCUT2D eigenvalue weighted by Gasteiger charge is -2.22. The van der Waals surface area contributed by atoms with Crippen molar-refractivity contribution in [3.05, 3.63) is 46.5 Å². The Morgan fingerprint density at radius 3 is 2.75 bits per heavy atom. The number of hydrogen-bond acceptors (Lipinski definition) is 5. The molecule has 0 fully saturated rings. The Balaban J connectivity index is 1.65. The molecule has 0 aliphatic carbocycles. The normalized spacial score (nSPS) is 12.1. The van der Waals surface area contributed by atoms with E-state index in [0.29, 0.717) is 31.5 Å². The zero-order valence-electron chi connectivity index (χ0n) is 14.0. The Labute approximate surface area is 145 Å². The highest BCUT2D eigenvalue weighted by atomic mass is 32.1. The predicted molar refractivity (Wildman–Crippen MR) is 94.0 cm³/mol. The van der Waals surface area contributed by atoms with Gasteiger partial charge in [0, 0.05) is 30.5 Å². The first kappa shape index (κ1) is 18.2. The first-order valence-electron chi connectivity index (χ1n) is 7.85. The van der Waals surface area contributed by atoms with Gasteiger partial charge in [0.05, 0.1) is 12.3 Å². The smallest absolute Gasteiger partial charge is 0.252 e. The molecule has 2 N–H and O–H groups in total. The van der Waals surface area contributed by atoms with E-state index in [1.165, 1.54) is 11.3 Å². The topological polar surface area (TPSA) is 74.6 Å². The molecule has 1 atom stereocenters. The number of amides is 2. The molecule has 0 bridgehead atoms. The number of carbonyl (C=O) groups is 2. The Morgan fingerprint density at radius 1 is 1.29 bits per heavy atom. The number of nitrogens with zero attached hydrogens (tertiary/aromatic N) is 1. The molecule has 2 aromatic heterocycles. The lowest BCUT2D eigenvalue weighted by molar-refractivity contribution is -0.121. The maximum absolute atomic E-state index is 11.9. The Bertz CT molecular complexity index is 624. The molecule has 6 nitrogen and oxygen atoms in total. The molecule has 2 heterocycles. The minimum atomic E-state index is -0.0952. The number of likely N-dealkylation sites (N-methyl/N-ethyl adjacent to an activating group) is 1. The van der Waals surface area contributed by atoms with E-state index in [4.69, 9.17) is 4.42 Å². The van der Waals surface area contributed by atoms with Gasteiger partial charge in [0.15, 0.2) is 0 Å². The highest BCUT2D eigenvalue weighted by molar-refractivity contribution is 7.08. The van der Waals surface area contributed by atoms with Gasteiger partial charge in [0.2, 0.25) is 5.91 Å². The molecular formula is C17H23N3O3S. The molecule has 130 valence electrons. The first-order chi connectivity index (χ1) is 11.6. The van der Waals surface area contributed by atoms with Crippen molar-refractivity contribution in [3.63, 3.8) is 0 Å². The van der Waals surface area contributed by atoms with Crippen LogP contribution in [0, 0.1) is 0 Å². The molecule has 2 rings (SSSR count). The van der Waals surface area contributed by atoms with Crippen LogP contribution in [0.15, 0.2) is 39.6 Å². The fourth-order valence-electron chi connectivity index (χ4n) is 2.26. The number of carbonyl (C=O) groups excluding carboxylic acids is 2. The van der Waals surface area contributed by atoms with Crippen molar-refractivity contribution < 1.29 is 14.0 Å². The SMILES string of the molecule is CN(C)C(CNC(=O)CCCNC(=O)c1ccsc1)c1ccco1. The van der Waals surface area contributed by atoms with Crippen LogP contribution in [-0.2, 0) is 4.79 Å². The molecule has 7 heteroatoms. The molecule has 0 spiro atoms. The second-order valence-corrected chi connectivity index (χ2v) is 6.45. The summed E-state index contributed by atoms with van der Waals surface area (Å²) < 4.78 is 5.41. The average Bonchev–Trinajstić information content (AvgIpc) is 3.24. The molecule has 2 amide bonds. The summed E-state index contributed by atoms with van der Waals surface area (Å²) in [5.74, 6) is 0.698. The van der Waals surface area contributed by atoms with E-state index in [2.05, 4.69) is 10.6 Å². The second-order valence-electron chi connectivity index (χ2n) is 5.67. The molecular weight excluding hydrogens is 326 g/mol. The molecule has 0 aromatic carbocycles. The van der Waals surface area contributed by atoms with Crippen LogP contribution in [0.2, 0.25) is 0 Å². The van der Waals surface area contributed by atoms with E-state index in [1.807, 2.05) is 36.5 Å². The van der Waals surface area contributed by atoms with Gasteiger partial charge in [0.1, 0.15) is 5.76 Å². The van der Waals surface area contributed by atoms with Gasteiger partial charge in [-0.3, -0.25) is 14.5 Å². The summed E-state index contributed by atoms with van der Waals surface area (Å²) in [5, 5.41) is 9.39. The molecule has 0 aliphatic heterocycles. The van der Waals surface area contributed by atoms with Gasteiger partial charge < -0.3 is 15.1 Å². The van der Waals surface area contributed by atoms with Crippen molar-refractivity contribution in [1.29, 1.82) is 0 Å². The van der Waals surface area contributed by atoms with E-state index < -0.39 is 0 Å². The third kappa shape index (κ3) is 5.50. The van der Waals surface area contributed by atoms with Crippen molar-refractivity contribution in [2.24, 2.45) is 0 Å². The molecule has 0 radical (unpaired) electrons. The van der Waals surface area contributed by atoms with E-state index >= 15 is 0 Å². The van der Waals surface area contributed by atoms with Gasteiger partial charge in [0.25, 0.3) is 5.91 Å². The molecule has 2 aromatic rings. The van der Waals surface area contributed by atoms with Crippen LogP contribution in [0.3, 0.4) is 0 Å². The van der Waals surface area contributed by atoms with Crippen molar-refractivity contribution in [2.75, 3.05) is 27.2 Å². The predicted octanol–water partition coefficient (Wildman–Crippen LogP) is 2.27. The Morgan fingerprint density at radius 2 is 2.12 bits per heavy atom. The fourth-order valence-corrected chi connectivity index (χ4v) is 2.90. The molecule has 0 aliphatic rings. The minimum absolute atomic E-state index is 0.00208. The van der Waals surface area contributed by atoms with Gasteiger partial charge >= 0.3 is 0 Å². The van der Waals surface area contributed by atoms with E-state index in [-0.39, 0.29) is 17.9 Å². The highest BCUT2D eigenvalue weighted by Gasteiger charge is 2.17. The first-order valence-corrected chi connectivity index (χ1v) is 8.79. The largest absolute Gasteiger partial charge is 0.468 e. The van der Waals surface area contributed by atoms with Crippen LogP contribution in [0.4, 0.5) is 0 Å². The van der Waals surface area contributed by atoms with Gasteiger partial charge in [-0.05, 0) is 44.1 Å². The van der Waals surface area contributed by atoms with Crippen molar-refractivity contribution in [1.82, 2.24) is 15.5 Å². The van der Waals surface area contributed by atoms with Crippen LogP contribution < -0.4 is 10.6 Å². The summed E-state index contributed by atoms with van der Waals surface area (Å²) in [5.41, 5.74) is 0.664. The summed E-state index contributed by atoms with van der Waals surface area (Å²) in [6.07, 6.45) is 2.61. The summed E-state index contributed by atoms with van der Waals surface area (Å²) in [4.78, 5) is 25.7. The van der Waals surface area contributed by atoms with E-state index in [1.54, 1.807) is 17.7 Å². The lowest BCUT2D eigenvalue weighted by Crippen LogP contribution is -2.34.